The Morgan fingerprint density at radius 1 is 1.48 bits per heavy atom. The van der Waals surface area contributed by atoms with Gasteiger partial charge in [-0.25, -0.2) is 4.98 Å². The number of anilines is 3. The molecule has 122 valence electrons. The van der Waals surface area contributed by atoms with Crippen LogP contribution in [0.3, 0.4) is 0 Å². The molecule has 0 fully saturated rings. The largest absolute Gasteiger partial charge is 0.385 e. The zero-order valence-electron chi connectivity index (χ0n) is 13.0. The van der Waals surface area contributed by atoms with Gasteiger partial charge in [-0.3, -0.25) is 0 Å². The van der Waals surface area contributed by atoms with Crippen LogP contribution in [-0.2, 0) is 10.2 Å². The molecule has 2 aromatic rings. The number of ether oxygens (including phenoxy) is 1. The van der Waals surface area contributed by atoms with Gasteiger partial charge in [-0.15, -0.1) is 0 Å². The molecule has 0 bridgehead atoms. The molecule has 0 aliphatic carbocycles. The molecule has 5 nitrogen and oxygen atoms in total. The van der Waals surface area contributed by atoms with Crippen LogP contribution in [0.1, 0.15) is 18.9 Å². The van der Waals surface area contributed by atoms with Gasteiger partial charge in [0.25, 0.3) is 0 Å². The van der Waals surface area contributed by atoms with Crippen molar-refractivity contribution in [3.8, 4) is 0 Å². The highest BCUT2D eigenvalue weighted by atomic mass is 79.9. The first-order chi connectivity index (χ1) is 10.9. The minimum absolute atomic E-state index is 0.0465. The lowest BCUT2D eigenvalue weighted by atomic mass is 9.82. The van der Waals surface area contributed by atoms with Crippen LogP contribution in [0.25, 0.3) is 0 Å². The molecule has 1 aromatic carbocycles. The van der Waals surface area contributed by atoms with Crippen LogP contribution in [0.15, 0.2) is 28.9 Å². The molecule has 0 radical (unpaired) electrons. The molecular weight excluding hydrogens is 380 g/mol. The van der Waals surface area contributed by atoms with Crippen molar-refractivity contribution in [3.63, 3.8) is 0 Å². The Hall–Kier alpha value is -1.37. The summed E-state index contributed by atoms with van der Waals surface area (Å²) in [6.45, 7) is 3.69. The van der Waals surface area contributed by atoms with Crippen LogP contribution in [0.5, 0.6) is 0 Å². The molecule has 1 atom stereocenters. The minimum Gasteiger partial charge on any atom is -0.385 e. The van der Waals surface area contributed by atoms with Gasteiger partial charge in [-0.1, -0.05) is 40.5 Å². The SMILES string of the molecule is COCCC1(C)CN(c2nc(N)ncc2Cl)c2cc(Br)ccc21. The van der Waals surface area contributed by atoms with E-state index in [1.165, 1.54) is 5.56 Å². The summed E-state index contributed by atoms with van der Waals surface area (Å²) in [4.78, 5) is 10.4. The first-order valence-electron chi connectivity index (χ1n) is 7.29. The van der Waals surface area contributed by atoms with Gasteiger partial charge in [0, 0.05) is 35.8 Å². The lowest BCUT2D eigenvalue weighted by Gasteiger charge is -2.26. The Kier molecular flexibility index (Phi) is 4.49. The molecule has 1 aromatic heterocycles. The molecule has 2 N–H and O–H groups in total. The molecule has 0 saturated carbocycles. The Labute approximate surface area is 148 Å². The van der Waals surface area contributed by atoms with Gasteiger partial charge in [-0.2, -0.15) is 4.98 Å². The number of aromatic nitrogens is 2. The normalized spacial score (nSPS) is 19.9. The van der Waals surface area contributed by atoms with Crippen molar-refractivity contribution < 1.29 is 4.74 Å². The fraction of sp³-hybridized carbons (Fsp3) is 0.375. The number of nitrogens with zero attached hydrogens (tertiary/aromatic N) is 3. The van der Waals surface area contributed by atoms with E-state index in [2.05, 4.69) is 55.9 Å². The second-order valence-corrected chi connectivity index (χ2v) is 7.27. The maximum atomic E-state index is 6.32. The van der Waals surface area contributed by atoms with Crippen molar-refractivity contribution in [3.05, 3.63) is 39.5 Å². The van der Waals surface area contributed by atoms with Gasteiger partial charge in [0.15, 0.2) is 5.82 Å². The predicted molar refractivity (Wildman–Crippen MR) is 96.4 cm³/mol. The average molecular weight is 398 g/mol. The zero-order valence-corrected chi connectivity index (χ0v) is 15.4. The van der Waals surface area contributed by atoms with E-state index in [1.807, 2.05) is 0 Å². The van der Waals surface area contributed by atoms with E-state index in [9.17, 15) is 0 Å². The molecule has 0 spiro atoms. The summed E-state index contributed by atoms with van der Waals surface area (Å²) < 4.78 is 6.30. The number of nitrogens with two attached hydrogens (primary N) is 1. The van der Waals surface area contributed by atoms with Crippen LogP contribution in [-0.4, -0.2) is 30.2 Å². The maximum Gasteiger partial charge on any atom is 0.222 e. The molecule has 2 heterocycles. The van der Waals surface area contributed by atoms with Crippen molar-refractivity contribution in [2.75, 3.05) is 30.9 Å². The van der Waals surface area contributed by atoms with E-state index in [0.29, 0.717) is 17.4 Å². The smallest absolute Gasteiger partial charge is 0.222 e. The summed E-state index contributed by atoms with van der Waals surface area (Å²) in [6.07, 6.45) is 2.45. The van der Waals surface area contributed by atoms with Crippen LogP contribution in [0, 0.1) is 0 Å². The van der Waals surface area contributed by atoms with Crippen molar-refractivity contribution in [1.82, 2.24) is 9.97 Å². The molecule has 1 aliphatic heterocycles. The molecule has 0 amide bonds. The highest BCUT2D eigenvalue weighted by Crippen LogP contribution is 2.47. The number of nitrogen functional groups attached to an aromatic ring is 1. The highest BCUT2D eigenvalue weighted by Gasteiger charge is 2.40. The van der Waals surface area contributed by atoms with Crippen LogP contribution < -0.4 is 10.6 Å². The minimum atomic E-state index is -0.0465. The fourth-order valence-electron chi connectivity index (χ4n) is 3.05. The predicted octanol–water partition coefficient (Wildman–Crippen LogP) is 3.92. The summed E-state index contributed by atoms with van der Waals surface area (Å²) in [5.74, 6) is 0.853. The quantitative estimate of drug-likeness (QED) is 0.847. The van der Waals surface area contributed by atoms with E-state index >= 15 is 0 Å². The molecule has 23 heavy (non-hydrogen) atoms. The molecule has 7 heteroatoms. The Bertz CT molecular complexity index is 742. The van der Waals surface area contributed by atoms with Crippen molar-refractivity contribution in [2.45, 2.75) is 18.8 Å². The Morgan fingerprint density at radius 3 is 3.00 bits per heavy atom. The standard InChI is InChI=1S/C16H18BrClN4O/c1-16(5-6-23-2)9-22(13-7-10(17)3-4-11(13)16)14-12(18)8-20-15(19)21-14/h3-4,7-8H,5-6,9H2,1-2H3,(H2,19,20,21). The molecule has 0 saturated heterocycles. The Morgan fingerprint density at radius 2 is 2.26 bits per heavy atom. The average Bonchev–Trinajstić information content (AvgIpc) is 2.80. The highest BCUT2D eigenvalue weighted by molar-refractivity contribution is 9.10. The lowest BCUT2D eigenvalue weighted by Crippen LogP contribution is -2.30. The summed E-state index contributed by atoms with van der Waals surface area (Å²) in [6, 6.07) is 6.29. The van der Waals surface area contributed by atoms with E-state index in [4.69, 9.17) is 22.1 Å². The first kappa shape index (κ1) is 16.5. The van der Waals surface area contributed by atoms with Crippen molar-refractivity contribution >= 4 is 45.0 Å². The number of hydrogen-bond donors (Lipinski definition) is 1. The maximum absolute atomic E-state index is 6.32. The van der Waals surface area contributed by atoms with Gasteiger partial charge in [-0.05, 0) is 24.1 Å². The number of rotatable bonds is 4. The van der Waals surface area contributed by atoms with Gasteiger partial charge in [0.05, 0.1) is 6.20 Å². The number of methoxy groups -OCH3 is 1. The summed E-state index contributed by atoms with van der Waals surface area (Å²) in [7, 11) is 1.72. The van der Waals surface area contributed by atoms with Crippen molar-refractivity contribution in [1.29, 1.82) is 0 Å². The van der Waals surface area contributed by atoms with Gasteiger partial charge in [0.2, 0.25) is 5.95 Å². The van der Waals surface area contributed by atoms with E-state index in [-0.39, 0.29) is 11.4 Å². The monoisotopic (exact) mass is 396 g/mol. The molecule has 3 rings (SSSR count). The van der Waals surface area contributed by atoms with Crippen LogP contribution >= 0.6 is 27.5 Å². The number of hydrogen-bond acceptors (Lipinski definition) is 5. The third-order valence-electron chi connectivity index (χ3n) is 4.27. The lowest BCUT2D eigenvalue weighted by molar-refractivity contribution is 0.174. The second-order valence-electron chi connectivity index (χ2n) is 5.95. The van der Waals surface area contributed by atoms with Gasteiger partial charge >= 0.3 is 0 Å². The van der Waals surface area contributed by atoms with E-state index in [1.54, 1.807) is 13.3 Å². The second kappa shape index (κ2) is 6.26. The van der Waals surface area contributed by atoms with E-state index in [0.717, 1.165) is 23.1 Å². The van der Waals surface area contributed by atoms with E-state index < -0.39 is 0 Å². The van der Waals surface area contributed by atoms with Gasteiger partial charge < -0.3 is 15.4 Å². The van der Waals surface area contributed by atoms with Crippen LogP contribution in [0.4, 0.5) is 17.5 Å². The molecule has 1 aliphatic rings. The first-order valence-corrected chi connectivity index (χ1v) is 8.46. The summed E-state index contributed by atoms with van der Waals surface area (Å²) in [5.41, 5.74) is 8.05. The zero-order chi connectivity index (χ0) is 16.6. The number of benzene rings is 1. The molecule has 1 unspecified atom stereocenters. The van der Waals surface area contributed by atoms with Crippen LogP contribution in [0.2, 0.25) is 5.02 Å². The third kappa shape index (κ3) is 3.03. The summed E-state index contributed by atoms with van der Waals surface area (Å²) in [5, 5.41) is 0.487. The third-order valence-corrected chi connectivity index (χ3v) is 5.03. The number of halogens is 2. The Balaban J connectivity index is 2.10. The van der Waals surface area contributed by atoms with Gasteiger partial charge in [0.1, 0.15) is 5.02 Å². The number of fused-ring (bicyclic) bond motifs is 1. The summed E-state index contributed by atoms with van der Waals surface area (Å²) >= 11 is 9.87. The topological polar surface area (TPSA) is 64.3 Å². The fourth-order valence-corrected chi connectivity index (χ4v) is 3.59. The van der Waals surface area contributed by atoms with Crippen molar-refractivity contribution in [2.24, 2.45) is 0 Å². The molecular formula is C16H18BrClN4O.